The van der Waals surface area contributed by atoms with Crippen LogP contribution in [0.3, 0.4) is 0 Å². The molecule has 1 saturated heterocycles. The van der Waals surface area contributed by atoms with E-state index in [-0.39, 0.29) is 18.6 Å². The van der Waals surface area contributed by atoms with Crippen LogP contribution >= 0.6 is 0 Å². The number of rotatable bonds is 4. The summed E-state index contributed by atoms with van der Waals surface area (Å²) < 4.78 is 5.62. The minimum atomic E-state index is -0.638. The maximum atomic E-state index is 11.6. The number of piperidine rings is 1. The molecule has 0 aliphatic carbocycles. The molecule has 1 fully saturated rings. The average molecular weight is 277 g/mol. The summed E-state index contributed by atoms with van der Waals surface area (Å²) in [5.74, 6) is 0.781. The molecular weight excluding hydrogens is 254 g/mol. The van der Waals surface area contributed by atoms with Crippen LogP contribution in [0.5, 0.6) is 5.75 Å². The quantitative estimate of drug-likeness (QED) is 0.917. The van der Waals surface area contributed by atoms with E-state index in [1.165, 1.54) is 5.56 Å². The second kappa shape index (κ2) is 6.75. The number of hydrogen-bond donors (Lipinski definition) is 1. The average Bonchev–Trinajstić information content (AvgIpc) is 2.46. The van der Waals surface area contributed by atoms with Crippen molar-refractivity contribution in [1.29, 1.82) is 0 Å². The van der Waals surface area contributed by atoms with Crippen LogP contribution in [0.2, 0.25) is 0 Å². The van der Waals surface area contributed by atoms with Crippen LogP contribution in [-0.4, -0.2) is 41.2 Å². The van der Waals surface area contributed by atoms with Gasteiger partial charge in [-0.05, 0) is 38.3 Å². The van der Waals surface area contributed by atoms with Gasteiger partial charge in [0.05, 0.1) is 6.04 Å². The van der Waals surface area contributed by atoms with Gasteiger partial charge in [0.2, 0.25) is 5.91 Å². The van der Waals surface area contributed by atoms with E-state index in [2.05, 4.69) is 0 Å². The second-order valence-electron chi connectivity index (χ2n) is 5.47. The molecule has 0 radical (unpaired) electrons. The summed E-state index contributed by atoms with van der Waals surface area (Å²) in [6.07, 6.45) is 2.27. The summed E-state index contributed by atoms with van der Waals surface area (Å²) in [6.45, 7) is 4.54. The second-order valence-corrected chi connectivity index (χ2v) is 5.47. The predicted octanol–water partition coefficient (Wildman–Crippen LogP) is 2.14. The lowest BCUT2D eigenvalue weighted by Crippen LogP contribution is -2.50. The van der Waals surface area contributed by atoms with E-state index in [0.29, 0.717) is 0 Å². The number of carbonyl (C=O) groups is 1. The highest BCUT2D eigenvalue weighted by molar-refractivity contribution is 5.73. The molecule has 1 aromatic rings. The lowest BCUT2D eigenvalue weighted by atomic mass is 9.97. The van der Waals surface area contributed by atoms with E-state index >= 15 is 0 Å². The summed E-state index contributed by atoms with van der Waals surface area (Å²) in [5.41, 5.74) is 1.17. The highest BCUT2D eigenvalue weighted by Crippen LogP contribution is 2.21. The van der Waals surface area contributed by atoms with Gasteiger partial charge < -0.3 is 14.7 Å². The molecule has 1 aromatic carbocycles. The lowest BCUT2D eigenvalue weighted by Gasteiger charge is -2.37. The smallest absolute Gasteiger partial charge is 0.219 e. The lowest BCUT2D eigenvalue weighted by molar-refractivity contribution is -0.136. The number of benzene rings is 1. The van der Waals surface area contributed by atoms with Crippen molar-refractivity contribution in [2.75, 3.05) is 13.2 Å². The molecule has 0 aromatic heterocycles. The van der Waals surface area contributed by atoms with E-state index < -0.39 is 6.10 Å². The molecule has 1 aliphatic heterocycles. The first kappa shape index (κ1) is 14.9. The van der Waals surface area contributed by atoms with Crippen LogP contribution in [-0.2, 0) is 4.79 Å². The van der Waals surface area contributed by atoms with Crippen molar-refractivity contribution in [3.63, 3.8) is 0 Å². The van der Waals surface area contributed by atoms with Gasteiger partial charge in [-0.1, -0.05) is 17.7 Å². The summed E-state index contributed by atoms with van der Waals surface area (Å²) in [7, 11) is 0. The summed E-state index contributed by atoms with van der Waals surface area (Å²) in [4.78, 5) is 13.4. The van der Waals surface area contributed by atoms with Gasteiger partial charge in [0, 0.05) is 13.5 Å². The summed E-state index contributed by atoms with van der Waals surface area (Å²) in [6, 6.07) is 7.62. The first-order valence-corrected chi connectivity index (χ1v) is 7.22. The number of likely N-dealkylation sites (tertiary alicyclic amines) is 1. The first-order valence-electron chi connectivity index (χ1n) is 7.22. The Kier molecular flexibility index (Phi) is 5.01. The normalized spacial score (nSPS) is 20.6. The van der Waals surface area contributed by atoms with Gasteiger partial charge in [0.1, 0.15) is 18.5 Å². The van der Waals surface area contributed by atoms with Crippen molar-refractivity contribution in [3.8, 4) is 5.75 Å². The van der Waals surface area contributed by atoms with Gasteiger partial charge >= 0.3 is 0 Å². The van der Waals surface area contributed by atoms with E-state index in [1.807, 2.05) is 31.2 Å². The molecule has 110 valence electrons. The maximum absolute atomic E-state index is 11.6. The maximum Gasteiger partial charge on any atom is 0.219 e. The number of carbonyl (C=O) groups excluding carboxylic acids is 1. The molecule has 0 bridgehead atoms. The number of aliphatic hydroxyl groups excluding tert-OH is 1. The zero-order valence-electron chi connectivity index (χ0n) is 12.2. The Morgan fingerprint density at radius 3 is 2.75 bits per heavy atom. The van der Waals surface area contributed by atoms with E-state index in [1.54, 1.807) is 11.8 Å². The topological polar surface area (TPSA) is 49.8 Å². The van der Waals surface area contributed by atoms with E-state index in [4.69, 9.17) is 4.74 Å². The molecular formula is C16H23NO3. The molecule has 4 nitrogen and oxygen atoms in total. The molecule has 1 N–H and O–H groups in total. The zero-order valence-corrected chi connectivity index (χ0v) is 12.2. The van der Waals surface area contributed by atoms with Gasteiger partial charge in [-0.25, -0.2) is 0 Å². The van der Waals surface area contributed by atoms with Gasteiger partial charge in [-0.15, -0.1) is 0 Å². The molecule has 2 atom stereocenters. The molecule has 2 rings (SSSR count). The van der Waals surface area contributed by atoms with Gasteiger partial charge in [0.25, 0.3) is 0 Å². The number of amides is 1. The Morgan fingerprint density at radius 2 is 2.10 bits per heavy atom. The Morgan fingerprint density at radius 1 is 1.40 bits per heavy atom. The van der Waals surface area contributed by atoms with Crippen LogP contribution < -0.4 is 4.74 Å². The summed E-state index contributed by atoms with van der Waals surface area (Å²) >= 11 is 0. The number of hydrogen-bond acceptors (Lipinski definition) is 3. The van der Waals surface area contributed by atoms with Crippen LogP contribution in [0.4, 0.5) is 0 Å². The fourth-order valence-electron chi connectivity index (χ4n) is 2.68. The van der Waals surface area contributed by atoms with E-state index in [0.717, 1.165) is 31.6 Å². The standard InChI is InChI=1S/C16H23NO3/c1-12-6-8-14(9-7-12)20-11-16(19)15-5-3-4-10-17(15)13(2)18/h6-9,15-16,19H,3-5,10-11H2,1-2H3. The van der Waals surface area contributed by atoms with Gasteiger partial charge in [0.15, 0.2) is 0 Å². The number of ether oxygens (including phenoxy) is 1. The zero-order chi connectivity index (χ0) is 14.5. The highest BCUT2D eigenvalue weighted by Gasteiger charge is 2.30. The molecule has 0 saturated carbocycles. The van der Waals surface area contributed by atoms with Crippen molar-refractivity contribution in [2.45, 2.75) is 45.3 Å². The van der Waals surface area contributed by atoms with Crippen LogP contribution in [0.15, 0.2) is 24.3 Å². The SMILES string of the molecule is CC(=O)N1CCCCC1C(O)COc1ccc(C)cc1. The Hall–Kier alpha value is -1.55. The van der Waals surface area contributed by atoms with Crippen molar-refractivity contribution < 1.29 is 14.6 Å². The molecule has 20 heavy (non-hydrogen) atoms. The number of nitrogens with zero attached hydrogens (tertiary/aromatic N) is 1. The largest absolute Gasteiger partial charge is 0.491 e. The first-order chi connectivity index (χ1) is 9.58. The van der Waals surface area contributed by atoms with Gasteiger partial charge in [-0.3, -0.25) is 4.79 Å². The fraction of sp³-hybridized carbons (Fsp3) is 0.562. The third-order valence-corrected chi connectivity index (χ3v) is 3.84. The van der Waals surface area contributed by atoms with Gasteiger partial charge in [-0.2, -0.15) is 0 Å². The van der Waals surface area contributed by atoms with Crippen LogP contribution in [0.1, 0.15) is 31.7 Å². The predicted molar refractivity (Wildman–Crippen MR) is 77.7 cm³/mol. The van der Waals surface area contributed by atoms with E-state index in [9.17, 15) is 9.90 Å². The Labute approximate surface area is 120 Å². The molecule has 1 aliphatic rings. The molecule has 1 heterocycles. The molecule has 2 unspecified atom stereocenters. The minimum absolute atomic E-state index is 0.0316. The number of aliphatic hydroxyl groups is 1. The number of aryl methyl sites for hydroxylation is 1. The van der Waals surface area contributed by atoms with Crippen LogP contribution in [0.25, 0.3) is 0 Å². The molecule has 0 spiro atoms. The minimum Gasteiger partial charge on any atom is -0.491 e. The fourth-order valence-corrected chi connectivity index (χ4v) is 2.68. The Balaban J connectivity index is 1.91. The molecule has 1 amide bonds. The van der Waals surface area contributed by atoms with Crippen molar-refractivity contribution in [1.82, 2.24) is 4.90 Å². The summed E-state index contributed by atoms with van der Waals surface area (Å²) in [5, 5.41) is 10.3. The van der Waals surface area contributed by atoms with Crippen molar-refractivity contribution in [2.24, 2.45) is 0 Å². The van der Waals surface area contributed by atoms with Crippen molar-refractivity contribution >= 4 is 5.91 Å². The Bertz CT molecular complexity index is 444. The third kappa shape index (κ3) is 3.73. The van der Waals surface area contributed by atoms with Crippen LogP contribution in [0, 0.1) is 6.92 Å². The highest BCUT2D eigenvalue weighted by atomic mass is 16.5. The third-order valence-electron chi connectivity index (χ3n) is 3.84. The monoisotopic (exact) mass is 277 g/mol. The molecule has 4 heteroatoms. The van der Waals surface area contributed by atoms with Crippen molar-refractivity contribution in [3.05, 3.63) is 29.8 Å².